The first kappa shape index (κ1) is 25.0. The van der Waals surface area contributed by atoms with Crippen LogP contribution in [0.25, 0.3) is 11.2 Å². The van der Waals surface area contributed by atoms with Crippen LogP contribution in [0.3, 0.4) is 0 Å². The van der Waals surface area contributed by atoms with Gasteiger partial charge >= 0.3 is 5.97 Å². The van der Waals surface area contributed by atoms with Crippen LogP contribution in [0.4, 0.5) is 0 Å². The van der Waals surface area contributed by atoms with Crippen LogP contribution in [-0.2, 0) is 33.8 Å². The Hall–Kier alpha value is -3.29. The summed E-state index contributed by atoms with van der Waals surface area (Å²) in [4.78, 5) is 33.0. The normalized spacial score (nSPS) is 23.9. The molecule has 38 heavy (non-hydrogen) atoms. The second-order valence-electron chi connectivity index (χ2n) is 11.2. The predicted molar refractivity (Wildman–Crippen MR) is 143 cm³/mol. The Balaban J connectivity index is 1.38. The van der Waals surface area contributed by atoms with Gasteiger partial charge in [0.05, 0.1) is 13.0 Å². The minimum Gasteiger partial charge on any atom is -0.466 e. The van der Waals surface area contributed by atoms with Crippen molar-refractivity contribution in [2.24, 2.45) is 11.8 Å². The van der Waals surface area contributed by atoms with E-state index in [1.54, 1.807) is 0 Å². The van der Waals surface area contributed by atoms with E-state index in [0.717, 1.165) is 86.2 Å². The van der Waals surface area contributed by atoms with Crippen LogP contribution in [0.15, 0.2) is 30.5 Å². The number of ether oxygens (including phenoxy) is 1. The third kappa shape index (κ3) is 5.05. The van der Waals surface area contributed by atoms with Crippen molar-refractivity contribution in [2.75, 3.05) is 13.2 Å². The first-order chi connectivity index (χ1) is 18.6. The van der Waals surface area contributed by atoms with E-state index in [1.807, 2.05) is 23.9 Å². The number of carbonyl (C=O) groups excluding carboxylic acids is 2. The summed E-state index contributed by atoms with van der Waals surface area (Å²) in [5.74, 6) is 0.754. The van der Waals surface area contributed by atoms with Gasteiger partial charge in [0.15, 0.2) is 5.65 Å². The molecule has 200 valence electrons. The van der Waals surface area contributed by atoms with Crippen LogP contribution in [0, 0.1) is 11.8 Å². The number of hydrogen-bond acceptors (Lipinski definition) is 6. The number of pyridine rings is 1. The van der Waals surface area contributed by atoms with Gasteiger partial charge in [-0.15, -0.1) is 5.10 Å². The highest BCUT2D eigenvalue weighted by molar-refractivity contribution is 5.79. The van der Waals surface area contributed by atoms with Gasteiger partial charge in [0, 0.05) is 37.7 Å². The van der Waals surface area contributed by atoms with Gasteiger partial charge < -0.3 is 9.64 Å². The van der Waals surface area contributed by atoms with E-state index in [1.165, 1.54) is 17.5 Å². The highest BCUT2D eigenvalue weighted by atomic mass is 16.5. The smallest absolute Gasteiger partial charge is 0.306 e. The zero-order valence-electron chi connectivity index (χ0n) is 22.3. The first-order valence-corrected chi connectivity index (χ1v) is 14.3. The van der Waals surface area contributed by atoms with Crippen LogP contribution < -0.4 is 0 Å². The number of aromatic nitrogens is 4. The highest BCUT2D eigenvalue weighted by Gasteiger charge is 2.31. The lowest BCUT2D eigenvalue weighted by Gasteiger charge is -2.35. The van der Waals surface area contributed by atoms with E-state index in [2.05, 4.69) is 33.4 Å². The average Bonchev–Trinajstić information content (AvgIpc) is 3.35. The molecule has 1 fully saturated rings. The van der Waals surface area contributed by atoms with E-state index >= 15 is 0 Å². The maximum atomic E-state index is 13.5. The summed E-state index contributed by atoms with van der Waals surface area (Å²) in [6, 6.07) is 8.50. The number of benzene rings is 1. The van der Waals surface area contributed by atoms with E-state index in [-0.39, 0.29) is 24.2 Å². The third-order valence-electron chi connectivity index (χ3n) is 8.84. The standard InChI is InChI=1S/C30H37N5O3/c1-2-38-28(36)17-26-23-11-10-21-12-14-34(19-25(21)15-23)30(37)22-8-6-20(7-9-22)5-3-4-13-35-29-27(32-33-35)16-24(26)18-31-29/h10-11,15-16,18,20,22,26H,2-9,12-14,17,19H2,1H3. The fraction of sp³-hybridized carbons (Fsp3) is 0.567. The van der Waals surface area contributed by atoms with Gasteiger partial charge in [-0.05, 0) is 79.7 Å². The number of esters is 1. The summed E-state index contributed by atoms with van der Waals surface area (Å²) < 4.78 is 7.24. The van der Waals surface area contributed by atoms with Crippen molar-refractivity contribution in [3.05, 3.63) is 52.7 Å². The molecule has 0 spiro atoms. The lowest BCUT2D eigenvalue weighted by Crippen LogP contribution is -2.41. The Bertz CT molecular complexity index is 1330. The van der Waals surface area contributed by atoms with Crippen LogP contribution in [0.1, 0.15) is 86.5 Å². The monoisotopic (exact) mass is 515 g/mol. The van der Waals surface area contributed by atoms with Gasteiger partial charge in [0.1, 0.15) is 5.52 Å². The Morgan fingerprint density at radius 1 is 1.03 bits per heavy atom. The van der Waals surface area contributed by atoms with Crippen LogP contribution in [0.5, 0.6) is 0 Å². The van der Waals surface area contributed by atoms with Crippen molar-refractivity contribution in [1.29, 1.82) is 0 Å². The molecule has 5 aliphatic heterocycles. The second-order valence-corrected chi connectivity index (χ2v) is 11.2. The summed E-state index contributed by atoms with van der Waals surface area (Å²) in [5.41, 5.74) is 5.97. The van der Waals surface area contributed by atoms with Gasteiger partial charge in [-0.2, -0.15) is 0 Å². The van der Waals surface area contributed by atoms with Crippen molar-refractivity contribution in [3.8, 4) is 0 Å². The number of hydrogen-bond donors (Lipinski definition) is 0. The van der Waals surface area contributed by atoms with Crippen molar-refractivity contribution >= 4 is 23.0 Å². The molecule has 1 aromatic carbocycles. The molecule has 8 heteroatoms. The van der Waals surface area contributed by atoms with Gasteiger partial charge in [-0.1, -0.05) is 36.3 Å². The molecule has 1 unspecified atom stereocenters. The van der Waals surface area contributed by atoms with Crippen molar-refractivity contribution in [2.45, 2.75) is 83.7 Å². The lowest BCUT2D eigenvalue weighted by atomic mass is 9.79. The molecule has 2 aromatic heterocycles. The number of rotatable bonds is 3. The van der Waals surface area contributed by atoms with Gasteiger partial charge in [0.25, 0.3) is 0 Å². The molecular formula is C30H37N5O3. The molecule has 0 N–H and O–H groups in total. The number of nitrogens with zero attached hydrogens (tertiary/aromatic N) is 5. The largest absolute Gasteiger partial charge is 0.466 e. The Kier molecular flexibility index (Phi) is 7.13. The average molecular weight is 516 g/mol. The van der Waals surface area contributed by atoms with Crippen LogP contribution in [-0.4, -0.2) is 49.9 Å². The van der Waals surface area contributed by atoms with E-state index < -0.39 is 0 Å². The Morgan fingerprint density at radius 3 is 2.74 bits per heavy atom. The summed E-state index contributed by atoms with van der Waals surface area (Å²) in [5, 5.41) is 8.82. The lowest BCUT2D eigenvalue weighted by molar-refractivity contribution is -0.143. The molecule has 6 aliphatic rings. The summed E-state index contributed by atoms with van der Waals surface area (Å²) in [6.07, 6.45) is 10.7. The quantitative estimate of drug-likeness (QED) is 0.466. The molecule has 1 saturated carbocycles. The molecule has 9 rings (SSSR count). The molecule has 0 radical (unpaired) electrons. The Morgan fingerprint density at radius 2 is 1.89 bits per heavy atom. The van der Waals surface area contributed by atoms with Crippen molar-refractivity contribution in [3.63, 3.8) is 0 Å². The topological polar surface area (TPSA) is 90.2 Å². The minimum atomic E-state index is -0.235. The van der Waals surface area contributed by atoms with Gasteiger partial charge in [0.2, 0.25) is 5.91 Å². The summed E-state index contributed by atoms with van der Waals surface area (Å²) in [6.45, 7) is 4.39. The van der Waals surface area contributed by atoms with Crippen LogP contribution in [0.2, 0.25) is 0 Å². The van der Waals surface area contributed by atoms with Crippen molar-refractivity contribution < 1.29 is 14.3 Å². The SMILES string of the molecule is CCOC(=O)CC1c2ccc3c(c2)CN(CC3)C(=O)C2CCC(CCCCn3nnc4cc1cnc43)CC2. The molecular weight excluding hydrogens is 478 g/mol. The number of amides is 1. The maximum Gasteiger partial charge on any atom is 0.306 e. The number of carbonyl (C=O) groups is 2. The molecule has 9 bridgehead atoms. The van der Waals surface area contributed by atoms with E-state index in [4.69, 9.17) is 9.72 Å². The fourth-order valence-electron chi connectivity index (χ4n) is 6.67. The van der Waals surface area contributed by atoms with E-state index in [0.29, 0.717) is 19.1 Å². The maximum absolute atomic E-state index is 13.5. The molecule has 1 amide bonds. The Labute approximate surface area is 223 Å². The zero-order chi connectivity index (χ0) is 26.1. The molecule has 8 nitrogen and oxygen atoms in total. The second kappa shape index (κ2) is 10.8. The summed E-state index contributed by atoms with van der Waals surface area (Å²) >= 11 is 0. The molecule has 1 atom stereocenters. The summed E-state index contributed by atoms with van der Waals surface area (Å²) in [7, 11) is 0. The number of aryl methyl sites for hydroxylation is 1. The third-order valence-corrected chi connectivity index (χ3v) is 8.84. The highest BCUT2D eigenvalue weighted by Crippen LogP contribution is 2.36. The fourth-order valence-corrected chi connectivity index (χ4v) is 6.67. The predicted octanol–water partition coefficient (Wildman–Crippen LogP) is 4.79. The van der Waals surface area contributed by atoms with E-state index in [9.17, 15) is 9.59 Å². The minimum absolute atomic E-state index is 0.158. The van der Waals surface area contributed by atoms with Gasteiger partial charge in [-0.3, -0.25) is 9.59 Å². The van der Waals surface area contributed by atoms with Crippen molar-refractivity contribution in [1.82, 2.24) is 24.9 Å². The first-order valence-electron chi connectivity index (χ1n) is 14.3. The molecule has 7 heterocycles. The van der Waals surface area contributed by atoms with Gasteiger partial charge in [-0.25, -0.2) is 9.67 Å². The zero-order valence-corrected chi connectivity index (χ0v) is 22.3. The molecule has 0 saturated heterocycles. The molecule has 3 aromatic rings. The van der Waals surface area contributed by atoms with Crippen LogP contribution >= 0.6 is 0 Å². The molecule has 1 aliphatic carbocycles.